The van der Waals surface area contributed by atoms with Crippen molar-refractivity contribution in [1.29, 1.82) is 0 Å². The van der Waals surface area contributed by atoms with Crippen molar-refractivity contribution >= 4 is 11.9 Å². The first-order valence-corrected chi connectivity index (χ1v) is 7.09. The molecule has 2 bridgehead atoms. The first-order valence-electron chi connectivity index (χ1n) is 7.09. The summed E-state index contributed by atoms with van der Waals surface area (Å²) in [5.41, 5.74) is 0. The number of amides is 1. The summed E-state index contributed by atoms with van der Waals surface area (Å²) in [6.45, 7) is 2.48. The van der Waals surface area contributed by atoms with Gasteiger partial charge >= 0.3 is 5.97 Å². The molecule has 1 amide bonds. The van der Waals surface area contributed by atoms with Gasteiger partial charge in [-0.05, 0) is 37.0 Å². The van der Waals surface area contributed by atoms with Crippen LogP contribution in [0.4, 0.5) is 0 Å². The second-order valence-electron chi connectivity index (χ2n) is 5.90. The van der Waals surface area contributed by atoms with Crippen molar-refractivity contribution in [2.24, 2.45) is 23.7 Å². The van der Waals surface area contributed by atoms with Crippen LogP contribution in [0.5, 0.6) is 0 Å². The molecule has 2 aliphatic rings. The maximum absolute atomic E-state index is 12.1. The van der Waals surface area contributed by atoms with Crippen LogP contribution in [0.2, 0.25) is 0 Å². The molecular formula is C14H23NO3. The van der Waals surface area contributed by atoms with Crippen LogP contribution < -0.4 is 5.32 Å². The lowest BCUT2D eigenvalue weighted by Crippen LogP contribution is -2.37. The third kappa shape index (κ3) is 3.03. The lowest BCUT2D eigenvalue weighted by atomic mass is 9.88. The summed E-state index contributed by atoms with van der Waals surface area (Å²) in [6.07, 6.45) is 5.72. The smallest absolute Gasteiger partial charge is 0.303 e. The second kappa shape index (κ2) is 5.72. The minimum atomic E-state index is -0.781. The number of carboxylic acids is 1. The molecule has 0 spiro atoms. The highest BCUT2D eigenvalue weighted by atomic mass is 16.4. The molecule has 102 valence electrons. The number of carbonyl (C=O) groups excluding carboxylic acids is 1. The van der Waals surface area contributed by atoms with Crippen LogP contribution in [0.25, 0.3) is 0 Å². The predicted octanol–water partition coefficient (Wildman–Crippen LogP) is 2.04. The van der Waals surface area contributed by atoms with E-state index in [0.717, 1.165) is 18.8 Å². The quantitative estimate of drug-likeness (QED) is 0.761. The third-order valence-electron chi connectivity index (χ3n) is 4.68. The summed E-state index contributed by atoms with van der Waals surface area (Å²) < 4.78 is 0. The fraction of sp³-hybridized carbons (Fsp3) is 0.857. The van der Waals surface area contributed by atoms with Crippen LogP contribution in [0.1, 0.15) is 45.4 Å². The van der Waals surface area contributed by atoms with E-state index in [1.807, 2.05) is 6.92 Å². The molecular weight excluding hydrogens is 230 g/mol. The normalized spacial score (nSPS) is 31.3. The van der Waals surface area contributed by atoms with E-state index < -0.39 is 5.97 Å². The second-order valence-corrected chi connectivity index (χ2v) is 5.90. The molecule has 0 radical (unpaired) electrons. The minimum absolute atomic E-state index is 0.0602. The van der Waals surface area contributed by atoms with Crippen LogP contribution in [0.15, 0.2) is 0 Å². The number of aliphatic carboxylic acids is 1. The Labute approximate surface area is 108 Å². The maximum atomic E-state index is 12.1. The van der Waals surface area contributed by atoms with Crippen molar-refractivity contribution in [3.05, 3.63) is 0 Å². The Kier molecular flexibility index (Phi) is 4.25. The van der Waals surface area contributed by atoms with E-state index >= 15 is 0 Å². The van der Waals surface area contributed by atoms with Crippen LogP contribution in [0, 0.1) is 23.7 Å². The number of hydrogen-bond acceptors (Lipinski definition) is 2. The molecule has 2 saturated carbocycles. The van der Waals surface area contributed by atoms with Gasteiger partial charge in [0.05, 0.1) is 0 Å². The molecule has 0 aliphatic heterocycles. The molecule has 4 atom stereocenters. The molecule has 4 heteroatoms. The standard InChI is InChI=1S/C14H23NO3/c1-2-9(7-13(16)17)8-15-14(18)12-6-10-3-4-11(12)5-10/h9-12H,2-8H2,1H3,(H,15,18)(H,16,17). The summed E-state index contributed by atoms with van der Waals surface area (Å²) in [7, 11) is 0. The number of carboxylic acid groups (broad SMARTS) is 1. The summed E-state index contributed by atoms with van der Waals surface area (Å²) in [5.74, 6) is 1.000. The molecule has 18 heavy (non-hydrogen) atoms. The van der Waals surface area contributed by atoms with Gasteiger partial charge in [-0.2, -0.15) is 0 Å². The lowest BCUT2D eigenvalue weighted by molar-refractivity contribution is -0.138. The molecule has 2 fully saturated rings. The van der Waals surface area contributed by atoms with E-state index in [1.165, 1.54) is 19.3 Å². The minimum Gasteiger partial charge on any atom is -0.481 e. The highest BCUT2D eigenvalue weighted by Gasteiger charge is 2.42. The van der Waals surface area contributed by atoms with Crippen molar-refractivity contribution < 1.29 is 14.7 Å². The molecule has 2 N–H and O–H groups in total. The number of carbonyl (C=O) groups is 2. The van der Waals surface area contributed by atoms with Gasteiger partial charge in [0.15, 0.2) is 0 Å². The van der Waals surface area contributed by atoms with Crippen LogP contribution in [-0.4, -0.2) is 23.5 Å². The summed E-state index contributed by atoms with van der Waals surface area (Å²) >= 11 is 0. The molecule has 4 unspecified atom stereocenters. The summed E-state index contributed by atoms with van der Waals surface area (Å²) in [6, 6.07) is 0. The van der Waals surface area contributed by atoms with Gasteiger partial charge in [0.25, 0.3) is 0 Å². The Morgan fingerprint density at radius 2 is 2.11 bits per heavy atom. The van der Waals surface area contributed by atoms with Gasteiger partial charge in [-0.15, -0.1) is 0 Å². The van der Waals surface area contributed by atoms with Crippen molar-refractivity contribution in [2.45, 2.75) is 45.4 Å². The molecule has 4 nitrogen and oxygen atoms in total. The SMILES string of the molecule is CCC(CNC(=O)C1CC2CCC1C2)CC(=O)O. The van der Waals surface area contributed by atoms with Gasteiger partial charge in [-0.3, -0.25) is 9.59 Å². The van der Waals surface area contributed by atoms with E-state index in [1.54, 1.807) is 0 Å². The van der Waals surface area contributed by atoms with E-state index in [-0.39, 0.29) is 24.2 Å². The lowest BCUT2D eigenvalue weighted by Gasteiger charge is -2.22. The van der Waals surface area contributed by atoms with Gasteiger partial charge in [-0.25, -0.2) is 0 Å². The van der Waals surface area contributed by atoms with Crippen molar-refractivity contribution in [2.75, 3.05) is 6.54 Å². The van der Waals surface area contributed by atoms with Crippen LogP contribution >= 0.6 is 0 Å². The third-order valence-corrected chi connectivity index (χ3v) is 4.68. The van der Waals surface area contributed by atoms with Gasteiger partial charge in [-0.1, -0.05) is 19.8 Å². The number of nitrogens with one attached hydrogen (secondary N) is 1. The first-order chi connectivity index (χ1) is 8.60. The van der Waals surface area contributed by atoms with Gasteiger partial charge in [0.2, 0.25) is 5.91 Å². The highest BCUT2D eigenvalue weighted by molar-refractivity contribution is 5.79. The molecule has 2 aliphatic carbocycles. The predicted molar refractivity (Wildman–Crippen MR) is 68.0 cm³/mol. The van der Waals surface area contributed by atoms with E-state index in [4.69, 9.17) is 5.11 Å². The average molecular weight is 253 g/mol. The fourth-order valence-electron chi connectivity index (χ4n) is 3.55. The van der Waals surface area contributed by atoms with E-state index in [0.29, 0.717) is 12.5 Å². The summed E-state index contributed by atoms with van der Waals surface area (Å²) in [4.78, 5) is 22.7. The van der Waals surface area contributed by atoms with Crippen molar-refractivity contribution in [1.82, 2.24) is 5.32 Å². The highest BCUT2D eigenvalue weighted by Crippen LogP contribution is 2.48. The Hall–Kier alpha value is -1.06. The van der Waals surface area contributed by atoms with E-state index in [9.17, 15) is 9.59 Å². The number of rotatable bonds is 6. The Bertz CT molecular complexity index is 329. The molecule has 0 aromatic rings. The maximum Gasteiger partial charge on any atom is 0.303 e. The molecule has 0 saturated heterocycles. The van der Waals surface area contributed by atoms with Gasteiger partial charge < -0.3 is 10.4 Å². The monoisotopic (exact) mass is 253 g/mol. The van der Waals surface area contributed by atoms with Gasteiger partial charge in [0.1, 0.15) is 0 Å². The zero-order chi connectivity index (χ0) is 13.1. The molecule has 2 rings (SSSR count). The Morgan fingerprint density at radius 3 is 2.61 bits per heavy atom. The number of hydrogen-bond donors (Lipinski definition) is 2. The fourth-order valence-corrected chi connectivity index (χ4v) is 3.55. The largest absolute Gasteiger partial charge is 0.481 e. The zero-order valence-electron chi connectivity index (χ0n) is 11.0. The van der Waals surface area contributed by atoms with Crippen molar-refractivity contribution in [3.8, 4) is 0 Å². The average Bonchev–Trinajstić information content (AvgIpc) is 2.95. The Morgan fingerprint density at radius 1 is 1.33 bits per heavy atom. The molecule has 0 aromatic carbocycles. The summed E-state index contributed by atoms with van der Waals surface area (Å²) in [5, 5.41) is 11.7. The van der Waals surface area contributed by atoms with Crippen molar-refractivity contribution in [3.63, 3.8) is 0 Å². The topological polar surface area (TPSA) is 66.4 Å². The molecule has 0 aromatic heterocycles. The van der Waals surface area contributed by atoms with Gasteiger partial charge in [0, 0.05) is 18.9 Å². The zero-order valence-corrected chi connectivity index (χ0v) is 11.0. The van der Waals surface area contributed by atoms with Crippen LogP contribution in [0.3, 0.4) is 0 Å². The first kappa shape index (κ1) is 13.4. The molecule has 0 heterocycles. The number of fused-ring (bicyclic) bond motifs is 2. The van der Waals surface area contributed by atoms with E-state index in [2.05, 4.69) is 5.32 Å². The van der Waals surface area contributed by atoms with Crippen LogP contribution in [-0.2, 0) is 9.59 Å². The Balaban J connectivity index is 1.75.